The summed E-state index contributed by atoms with van der Waals surface area (Å²) in [4.78, 5) is 4.06. The lowest BCUT2D eigenvalue weighted by Crippen LogP contribution is -1.97. The van der Waals surface area contributed by atoms with Crippen LogP contribution in [0.4, 0.5) is 15.9 Å². The summed E-state index contributed by atoms with van der Waals surface area (Å²) in [5.74, 6) is 0.321. The Kier molecular flexibility index (Phi) is 3.01. The van der Waals surface area contributed by atoms with E-state index in [-0.39, 0.29) is 5.82 Å². The van der Waals surface area contributed by atoms with E-state index in [1.807, 2.05) is 6.07 Å². The number of nitrogens with zero attached hydrogens (tertiary/aromatic N) is 2. The number of anilines is 2. The Morgan fingerprint density at radius 2 is 2.12 bits per heavy atom. The second-order valence-electron chi connectivity index (χ2n) is 3.58. The Bertz CT molecular complexity index is 570. The summed E-state index contributed by atoms with van der Waals surface area (Å²) in [6, 6.07) is 10.1. The van der Waals surface area contributed by atoms with Gasteiger partial charge in [0.1, 0.15) is 17.7 Å². The van der Waals surface area contributed by atoms with Gasteiger partial charge in [-0.3, -0.25) is 0 Å². The van der Waals surface area contributed by atoms with Crippen LogP contribution in [0.3, 0.4) is 0 Å². The molecule has 0 atom stereocenters. The number of nitrogens with one attached hydrogen (secondary N) is 1. The molecule has 0 fully saturated rings. The first kappa shape index (κ1) is 11.1. The molecule has 2 rings (SSSR count). The fourth-order valence-electron chi connectivity index (χ4n) is 1.41. The van der Waals surface area contributed by atoms with Gasteiger partial charge in [-0.25, -0.2) is 9.37 Å². The SMILES string of the molecule is Cc1c(F)cccc1Nc1ccc(C#N)cn1. The highest BCUT2D eigenvalue weighted by Crippen LogP contribution is 2.21. The zero-order valence-electron chi connectivity index (χ0n) is 9.24. The maximum atomic E-state index is 13.3. The molecule has 0 aliphatic carbocycles. The van der Waals surface area contributed by atoms with Gasteiger partial charge in [0, 0.05) is 17.4 Å². The summed E-state index contributed by atoms with van der Waals surface area (Å²) >= 11 is 0. The average Bonchev–Trinajstić information content (AvgIpc) is 2.36. The summed E-state index contributed by atoms with van der Waals surface area (Å²) in [5.41, 5.74) is 1.70. The molecule has 1 N–H and O–H groups in total. The van der Waals surface area contributed by atoms with Crippen LogP contribution in [0.1, 0.15) is 11.1 Å². The number of nitriles is 1. The van der Waals surface area contributed by atoms with Gasteiger partial charge in [0.2, 0.25) is 0 Å². The minimum absolute atomic E-state index is 0.261. The van der Waals surface area contributed by atoms with Crippen LogP contribution in [0.5, 0.6) is 0 Å². The van der Waals surface area contributed by atoms with Crippen LogP contribution >= 0.6 is 0 Å². The monoisotopic (exact) mass is 227 g/mol. The van der Waals surface area contributed by atoms with Gasteiger partial charge in [-0.05, 0) is 31.2 Å². The lowest BCUT2D eigenvalue weighted by molar-refractivity contribution is 0.619. The van der Waals surface area contributed by atoms with Gasteiger partial charge in [0.05, 0.1) is 5.56 Å². The number of hydrogen-bond donors (Lipinski definition) is 1. The van der Waals surface area contributed by atoms with Crippen molar-refractivity contribution in [3.63, 3.8) is 0 Å². The van der Waals surface area contributed by atoms with E-state index in [1.165, 1.54) is 12.3 Å². The standard InChI is InChI=1S/C13H10FN3/c1-9-11(14)3-2-4-12(9)17-13-6-5-10(7-15)8-16-13/h2-6,8H,1H3,(H,16,17). The molecule has 0 amide bonds. The lowest BCUT2D eigenvalue weighted by atomic mass is 10.2. The first-order chi connectivity index (χ1) is 8.20. The smallest absolute Gasteiger partial charge is 0.130 e. The minimum Gasteiger partial charge on any atom is -0.340 e. The predicted molar refractivity (Wildman–Crippen MR) is 63.4 cm³/mol. The Morgan fingerprint density at radius 1 is 1.29 bits per heavy atom. The van der Waals surface area contributed by atoms with Crippen molar-refractivity contribution in [3.05, 3.63) is 53.5 Å². The van der Waals surface area contributed by atoms with E-state index >= 15 is 0 Å². The van der Waals surface area contributed by atoms with Gasteiger partial charge < -0.3 is 5.32 Å². The fraction of sp³-hybridized carbons (Fsp3) is 0.0769. The quantitative estimate of drug-likeness (QED) is 0.857. The molecule has 0 bridgehead atoms. The molecule has 84 valence electrons. The van der Waals surface area contributed by atoms with Crippen molar-refractivity contribution in [2.24, 2.45) is 0 Å². The second kappa shape index (κ2) is 4.62. The van der Waals surface area contributed by atoms with Crippen LogP contribution < -0.4 is 5.32 Å². The van der Waals surface area contributed by atoms with Gasteiger partial charge in [0.15, 0.2) is 0 Å². The zero-order valence-corrected chi connectivity index (χ0v) is 9.24. The minimum atomic E-state index is -0.261. The third kappa shape index (κ3) is 2.40. The molecule has 0 radical (unpaired) electrons. The number of rotatable bonds is 2. The van der Waals surface area contributed by atoms with Crippen LogP contribution in [-0.2, 0) is 0 Å². The van der Waals surface area contributed by atoms with Gasteiger partial charge in [-0.1, -0.05) is 6.07 Å². The van der Waals surface area contributed by atoms with Crippen molar-refractivity contribution in [2.75, 3.05) is 5.32 Å². The molecular formula is C13H10FN3. The highest BCUT2D eigenvalue weighted by molar-refractivity contribution is 5.60. The number of aromatic nitrogens is 1. The molecule has 1 aromatic heterocycles. The van der Waals surface area contributed by atoms with Crippen molar-refractivity contribution in [3.8, 4) is 6.07 Å². The third-order valence-electron chi connectivity index (χ3n) is 2.42. The molecule has 0 unspecified atom stereocenters. The normalized spacial score (nSPS) is 9.71. The van der Waals surface area contributed by atoms with Crippen molar-refractivity contribution in [2.45, 2.75) is 6.92 Å². The van der Waals surface area contributed by atoms with Gasteiger partial charge >= 0.3 is 0 Å². The van der Waals surface area contributed by atoms with Crippen molar-refractivity contribution < 1.29 is 4.39 Å². The van der Waals surface area contributed by atoms with Crippen molar-refractivity contribution in [1.29, 1.82) is 5.26 Å². The number of benzene rings is 1. The summed E-state index contributed by atoms with van der Waals surface area (Å²) in [5, 5.41) is 11.6. The highest BCUT2D eigenvalue weighted by atomic mass is 19.1. The molecule has 3 nitrogen and oxygen atoms in total. The second-order valence-corrected chi connectivity index (χ2v) is 3.58. The Hall–Kier alpha value is -2.41. The molecule has 0 spiro atoms. The van der Waals surface area contributed by atoms with Crippen LogP contribution in [0, 0.1) is 24.1 Å². The van der Waals surface area contributed by atoms with Gasteiger partial charge in [-0.15, -0.1) is 0 Å². The molecule has 0 aliphatic heterocycles. The molecule has 17 heavy (non-hydrogen) atoms. The van der Waals surface area contributed by atoms with E-state index in [2.05, 4.69) is 10.3 Å². The fourth-order valence-corrected chi connectivity index (χ4v) is 1.41. The summed E-state index contributed by atoms with van der Waals surface area (Å²) in [7, 11) is 0. The highest BCUT2D eigenvalue weighted by Gasteiger charge is 2.03. The molecule has 0 aliphatic rings. The lowest BCUT2D eigenvalue weighted by Gasteiger charge is -2.08. The molecule has 0 saturated heterocycles. The van der Waals surface area contributed by atoms with Gasteiger partial charge in [0.25, 0.3) is 0 Å². The van der Waals surface area contributed by atoms with E-state index in [9.17, 15) is 4.39 Å². The average molecular weight is 227 g/mol. The van der Waals surface area contributed by atoms with E-state index in [4.69, 9.17) is 5.26 Å². The summed E-state index contributed by atoms with van der Waals surface area (Å²) < 4.78 is 13.3. The zero-order chi connectivity index (χ0) is 12.3. The third-order valence-corrected chi connectivity index (χ3v) is 2.42. The first-order valence-corrected chi connectivity index (χ1v) is 5.09. The molecule has 1 aromatic carbocycles. The van der Waals surface area contributed by atoms with Crippen LogP contribution in [-0.4, -0.2) is 4.98 Å². The molecule has 4 heteroatoms. The Morgan fingerprint density at radius 3 is 2.76 bits per heavy atom. The van der Waals surface area contributed by atoms with E-state index in [1.54, 1.807) is 31.2 Å². The Balaban J connectivity index is 2.26. The van der Waals surface area contributed by atoms with E-state index in [0.29, 0.717) is 22.6 Å². The Labute approximate surface area is 98.5 Å². The van der Waals surface area contributed by atoms with Crippen LogP contribution in [0.25, 0.3) is 0 Å². The summed E-state index contributed by atoms with van der Waals surface area (Å²) in [6.45, 7) is 1.70. The largest absolute Gasteiger partial charge is 0.340 e. The molecular weight excluding hydrogens is 217 g/mol. The van der Waals surface area contributed by atoms with E-state index < -0.39 is 0 Å². The number of hydrogen-bond acceptors (Lipinski definition) is 3. The van der Waals surface area contributed by atoms with Crippen LogP contribution in [0.15, 0.2) is 36.5 Å². The molecule has 0 saturated carbocycles. The van der Waals surface area contributed by atoms with Crippen molar-refractivity contribution in [1.82, 2.24) is 4.98 Å². The number of pyridine rings is 1. The maximum Gasteiger partial charge on any atom is 0.130 e. The number of halogens is 1. The molecule has 1 heterocycles. The van der Waals surface area contributed by atoms with Crippen molar-refractivity contribution >= 4 is 11.5 Å². The molecule has 2 aromatic rings. The first-order valence-electron chi connectivity index (χ1n) is 5.09. The van der Waals surface area contributed by atoms with Gasteiger partial charge in [-0.2, -0.15) is 5.26 Å². The van der Waals surface area contributed by atoms with Crippen LogP contribution in [0.2, 0.25) is 0 Å². The maximum absolute atomic E-state index is 13.3. The van der Waals surface area contributed by atoms with E-state index in [0.717, 1.165) is 0 Å². The summed E-state index contributed by atoms with van der Waals surface area (Å²) in [6.07, 6.45) is 1.47. The topological polar surface area (TPSA) is 48.7 Å². The predicted octanol–water partition coefficient (Wildman–Crippen LogP) is 3.14.